The monoisotopic (exact) mass is 441 g/mol. The van der Waals surface area contributed by atoms with Gasteiger partial charge in [-0.15, -0.1) is 0 Å². The number of hydrogen-bond donors (Lipinski definition) is 1. The van der Waals surface area contributed by atoms with Gasteiger partial charge in [-0.2, -0.15) is 18.3 Å². The predicted molar refractivity (Wildman–Crippen MR) is 110 cm³/mol. The molecule has 0 saturated carbocycles. The second kappa shape index (κ2) is 9.29. The Balaban J connectivity index is 2.09. The Kier molecular flexibility index (Phi) is 7.25. The molecule has 0 aliphatic rings. The van der Waals surface area contributed by atoms with E-state index < -0.39 is 34.2 Å². The van der Waals surface area contributed by atoms with Crippen molar-refractivity contribution in [3.63, 3.8) is 0 Å². The lowest BCUT2D eigenvalue weighted by Crippen LogP contribution is -2.39. The fourth-order valence-corrected chi connectivity index (χ4v) is 3.42. The molecule has 0 unspecified atom stereocenters. The van der Waals surface area contributed by atoms with Gasteiger partial charge in [-0.25, -0.2) is 13.8 Å². The lowest BCUT2D eigenvalue weighted by molar-refractivity contribution is -0.137. The number of halogens is 3. The summed E-state index contributed by atoms with van der Waals surface area (Å²) in [6.07, 6.45) is -2.47. The molecule has 0 aliphatic carbocycles. The van der Waals surface area contributed by atoms with E-state index in [1.807, 2.05) is 13.8 Å². The third kappa shape index (κ3) is 6.58. The van der Waals surface area contributed by atoms with Gasteiger partial charge in [0.1, 0.15) is 6.54 Å². The summed E-state index contributed by atoms with van der Waals surface area (Å²) in [6, 6.07) is 11.2. The first-order valence-electron chi connectivity index (χ1n) is 8.95. The third-order valence-corrected chi connectivity index (χ3v) is 5.29. The molecule has 0 aromatic heterocycles. The Bertz CT molecular complexity index is 1020. The third-order valence-electron chi connectivity index (χ3n) is 4.15. The minimum atomic E-state index is -4.49. The summed E-state index contributed by atoms with van der Waals surface area (Å²) in [7, 11) is -3.75. The zero-order chi connectivity index (χ0) is 22.5. The van der Waals surface area contributed by atoms with Crippen LogP contribution in [0, 0.1) is 0 Å². The molecule has 2 rings (SSSR count). The van der Waals surface area contributed by atoms with Crippen LogP contribution in [0.2, 0.25) is 0 Å². The number of alkyl halides is 3. The zero-order valence-electron chi connectivity index (χ0n) is 16.6. The van der Waals surface area contributed by atoms with Crippen molar-refractivity contribution in [2.24, 2.45) is 5.10 Å². The molecule has 162 valence electrons. The molecular weight excluding hydrogens is 419 g/mol. The average molecular weight is 441 g/mol. The number of anilines is 1. The summed E-state index contributed by atoms with van der Waals surface area (Å²) >= 11 is 0. The van der Waals surface area contributed by atoms with Crippen molar-refractivity contribution in [1.82, 2.24) is 5.43 Å². The van der Waals surface area contributed by atoms with Gasteiger partial charge >= 0.3 is 6.18 Å². The molecule has 0 spiro atoms. The Morgan fingerprint density at radius 3 is 2.33 bits per heavy atom. The molecule has 1 amide bonds. The van der Waals surface area contributed by atoms with Crippen LogP contribution in [-0.4, -0.2) is 33.3 Å². The van der Waals surface area contributed by atoms with E-state index in [1.165, 1.54) is 12.1 Å². The minimum Gasteiger partial charge on any atom is -0.271 e. The highest BCUT2D eigenvalue weighted by atomic mass is 32.2. The van der Waals surface area contributed by atoms with E-state index in [9.17, 15) is 26.4 Å². The maximum Gasteiger partial charge on any atom is 0.416 e. The number of sulfonamides is 1. The van der Waals surface area contributed by atoms with E-state index in [2.05, 4.69) is 10.5 Å². The molecule has 10 heteroatoms. The number of amides is 1. The van der Waals surface area contributed by atoms with Crippen LogP contribution in [0.15, 0.2) is 53.6 Å². The number of nitrogens with zero attached hydrogens (tertiary/aromatic N) is 2. The Morgan fingerprint density at radius 1 is 1.17 bits per heavy atom. The van der Waals surface area contributed by atoms with Crippen LogP contribution >= 0.6 is 0 Å². The summed E-state index contributed by atoms with van der Waals surface area (Å²) < 4.78 is 63.3. The van der Waals surface area contributed by atoms with E-state index in [-0.39, 0.29) is 11.5 Å². The van der Waals surface area contributed by atoms with Gasteiger partial charge in [0.05, 0.1) is 23.7 Å². The SMILES string of the molecule is CC(C)c1ccc(N(CC(=O)N/N=C/c2cccc(C(F)(F)F)c2)S(C)(=O)=O)cc1. The normalized spacial score (nSPS) is 12.4. The van der Waals surface area contributed by atoms with Gasteiger partial charge in [0.2, 0.25) is 10.0 Å². The maximum atomic E-state index is 12.7. The maximum absolute atomic E-state index is 12.7. The number of benzene rings is 2. The van der Waals surface area contributed by atoms with Crippen LogP contribution in [0.1, 0.15) is 36.5 Å². The highest BCUT2D eigenvalue weighted by molar-refractivity contribution is 7.92. The van der Waals surface area contributed by atoms with Gasteiger partial charge in [0.25, 0.3) is 5.91 Å². The minimum absolute atomic E-state index is 0.134. The van der Waals surface area contributed by atoms with Crippen LogP contribution in [0.3, 0.4) is 0 Å². The highest BCUT2D eigenvalue weighted by Gasteiger charge is 2.30. The fourth-order valence-electron chi connectivity index (χ4n) is 2.57. The molecule has 0 saturated heterocycles. The first-order chi connectivity index (χ1) is 13.9. The summed E-state index contributed by atoms with van der Waals surface area (Å²) in [6.45, 7) is 3.47. The van der Waals surface area contributed by atoms with E-state index in [1.54, 1.807) is 24.3 Å². The molecular formula is C20H22F3N3O3S. The second-order valence-electron chi connectivity index (χ2n) is 6.93. The van der Waals surface area contributed by atoms with Crippen molar-refractivity contribution in [3.8, 4) is 0 Å². The molecule has 0 atom stereocenters. The van der Waals surface area contributed by atoms with Gasteiger partial charge in [-0.1, -0.05) is 38.1 Å². The Hall–Kier alpha value is -2.88. The van der Waals surface area contributed by atoms with Gasteiger partial charge in [0, 0.05) is 0 Å². The number of hydrazone groups is 1. The average Bonchev–Trinajstić information content (AvgIpc) is 2.65. The quantitative estimate of drug-likeness (QED) is 0.525. The van der Waals surface area contributed by atoms with Gasteiger partial charge in [-0.3, -0.25) is 9.10 Å². The Labute approximate surface area is 173 Å². The lowest BCUT2D eigenvalue weighted by atomic mass is 10.0. The smallest absolute Gasteiger partial charge is 0.271 e. The zero-order valence-corrected chi connectivity index (χ0v) is 17.5. The van der Waals surface area contributed by atoms with E-state index >= 15 is 0 Å². The van der Waals surface area contributed by atoms with Crippen LogP contribution in [0.25, 0.3) is 0 Å². The molecule has 0 aliphatic heterocycles. The predicted octanol–water partition coefficient (Wildman–Crippen LogP) is 3.75. The first-order valence-corrected chi connectivity index (χ1v) is 10.8. The summed E-state index contributed by atoms with van der Waals surface area (Å²) in [5, 5.41) is 3.62. The molecule has 0 radical (unpaired) electrons. The van der Waals surface area contributed by atoms with E-state index in [0.717, 1.165) is 34.5 Å². The van der Waals surface area contributed by atoms with Crippen LogP contribution in [0.4, 0.5) is 18.9 Å². The number of carbonyl (C=O) groups is 1. The van der Waals surface area contributed by atoms with Crippen molar-refractivity contribution in [2.45, 2.75) is 25.9 Å². The standard InChI is InChI=1S/C20H22F3N3O3S/c1-14(2)16-7-9-18(10-8-16)26(30(3,28)29)13-19(27)25-24-12-15-5-4-6-17(11-15)20(21,22)23/h4-12,14H,13H2,1-3H3,(H,25,27)/b24-12+. The molecule has 2 aromatic rings. The fraction of sp³-hybridized carbons (Fsp3) is 0.300. The van der Waals surface area contributed by atoms with Crippen LogP contribution in [0.5, 0.6) is 0 Å². The van der Waals surface area contributed by atoms with Gasteiger partial charge in [0.15, 0.2) is 0 Å². The summed E-state index contributed by atoms with van der Waals surface area (Å²) in [5.74, 6) is -0.476. The summed E-state index contributed by atoms with van der Waals surface area (Å²) in [4.78, 5) is 12.2. The second-order valence-corrected chi connectivity index (χ2v) is 8.84. The topological polar surface area (TPSA) is 78.8 Å². The molecule has 6 nitrogen and oxygen atoms in total. The van der Waals surface area contributed by atoms with Crippen molar-refractivity contribution in [1.29, 1.82) is 0 Å². The molecule has 1 N–H and O–H groups in total. The largest absolute Gasteiger partial charge is 0.416 e. The molecule has 0 fully saturated rings. The van der Waals surface area contributed by atoms with Gasteiger partial charge < -0.3 is 0 Å². The highest BCUT2D eigenvalue weighted by Crippen LogP contribution is 2.29. The first kappa shape index (κ1) is 23.4. The van der Waals surface area contributed by atoms with Crippen molar-refractivity contribution in [2.75, 3.05) is 17.1 Å². The number of hydrogen-bond acceptors (Lipinski definition) is 4. The van der Waals surface area contributed by atoms with Crippen LogP contribution in [-0.2, 0) is 21.0 Å². The summed E-state index contributed by atoms with van der Waals surface area (Å²) in [5.41, 5.74) is 2.76. The molecule has 2 aromatic carbocycles. The van der Waals surface area contributed by atoms with Gasteiger partial charge in [-0.05, 0) is 41.3 Å². The van der Waals surface area contributed by atoms with Crippen molar-refractivity contribution >= 4 is 27.8 Å². The van der Waals surface area contributed by atoms with Crippen LogP contribution < -0.4 is 9.73 Å². The molecule has 0 bridgehead atoms. The molecule has 30 heavy (non-hydrogen) atoms. The Morgan fingerprint density at radius 2 is 1.80 bits per heavy atom. The number of carbonyl (C=O) groups excluding carboxylic acids is 1. The number of rotatable bonds is 7. The van der Waals surface area contributed by atoms with Crippen molar-refractivity contribution < 1.29 is 26.4 Å². The van der Waals surface area contributed by atoms with E-state index in [0.29, 0.717) is 5.69 Å². The molecule has 0 heterocycles. The number of nitrogens with one attached hydrogen (secondary N) is 1. The van der Waals surface area contributed by atoms with Crippen molar-refractivity contribution in [3.05, 3.63) is 65.2 Å². The lowest BCUT2D eigenvalue weighted by Gasteiger charge is -2.21. The van der Waals surface area contributed by atoms with E-state index in [4.69, 9.17) is 0 Å².